The molecule has 0 aromatic heterocycles. The highest BCUT2D eigenvalue weighted by atomic mass is 16.5. The van der Waals surface area contributed by atoms with Crippen LogP contribution in [0.2, 0.25) is 0 Å². The Balaban J connectivity index is 4.07. The maximum atomic E-state index is 11.8. The van der Waals surface area contributed by atoms with Gasteiger partial charge in [-0.05, 0) is 19.8 Å². The number of esters is 1. The summed E-state index contributed by atoms with van der Waals surface area (Å²) in [5.41, 5.74) is 0. The highest BCUT2D eigenvalue weighted by Crippen LogP contribution is 2.02. The molecule has 0 aliphatic carbocycles. The minimum Gasteiger partial charge on any atom is -0.469 e. The van der Waals surface area contributed by atoms with Crippen LogP contribution in [0.1, 0.15) is 39.5 Å². The molecule has 0 aliphatic rings. The van der Waals surface area contributed by atoms with Crippen LogP contribution in [0.4, 0.5) is 0 Å². The van der Waals surface area contributed by atoms with Gasteiger partial charge < -0.3 is 14.4 Å². The van der Waals surface area contributed by atoms with E-state index >= 15 is 0 Å². The van der Waals surface area contributed by atoms with Crippen LogP contribution in [0.15, 0.2) is 0 Å². The van der Waals surface area contributed by atoms with Crippen LogP contribution in [-0.4, -0.2) is 50.2 Å². The maximum Gasteiger partial charge on any atom is 0.307 e. The van der Waals surface area contributed by atoms with E-state index in [1.165, 1.54) is 7.11 Å². The minimum atomic E-state index is -0.283. The first-order valence-corrected chi connectivity index (χ1v) is 6.58. The van der Waals surface area contributed by atoms with Crippen molar-refractivity contribution in [2.75, 3.05) is 33.4 Å². The Labute approximate surface area is 109 Å². The molecular formula is C13H25NO4. The van der Waals surface area contributed by atoms with Crippen molar-refractivity contribution < 1.29 is 19.1 Å². The van der Waals surface area contributed by atoms with E-state index in [2.05, 4.69) is 4.74 Å². The Kier molecular flexibility index (Phi) is 10.3. The molecule has 0 saturated heterocycles. The lowest BCUT2D eigenvalue weighted by Crippen LogP contribution is -2.34. The molecule has 0 bridgehead atoms. The molecule has 0 aromatic carbocycles. The Morgan fingerprint density at radius 2 is 1.83 bits per heavy atom. The summed E-state index contributed by atoms with van der Waals surface area (Å²) in [5, 5.41) is 0. The standard InChI is InChI=1S/C13H25NO4/c1-4-7-12(15)14(9-6-11-18-5-2)10-8-13(16)17-3/h4-11H2,1-3H3. The number of methoxy groups -OCH3 is 1. The van der Waals surface area contributed by atoms with Crippen LogP contribution >= 0.6 is 0 Å². The van der Waals surface area contributed by atoms with Gasteiger partial charge in [0.2, 0.25) is 5.91 Å². The predicted molar refractivity (Wildman–Crippen MR) is 69.2 cm³/mol. The molecular weight excluding hydrogens is 234 g/mol. The first-order valence-electron chi connectivity index (χ1n) is 6.58. The smallest absolute Gasteiger partial charge is 0.307 e. The van der Waals surface area contributed by atoms with Crippen molar-refractivity contribution in [1.82, 2.24) is 4.90 Å². The molecule has 0 spiro atoms. The number of hydrogen-bond acceptors (Lipinski definition) is 4. The number of amides is 1. The van der Waals surface area contributed by atoms with Gasteiger partial charge in [-0.3, -0.25) is 9.59 Å². The lowest BCUT2D eigenvalue weighted by Gasteiger charge is -2.22. The van der Waals surface area contributed by atoms with E-state index < -0.39 is 0 Å². The summed E-state index contributed by atoms with van der Waals surface area (Å²) >= 11 is 0. The molecule has 18 heavy (non-hydrogen) atoms. The Bertz CT molecular complexity index is 243. The van der Waals surface area contributed by atoms with Gasteiger partial charge in [0, 0.05) is 32.7 Å². The summed E-state index contributed by atoms with van der Waals surface area (Å²) in [4.78, 5) is 24.7. The zero-order chi connectivity index (χ0) is 13.8. The number of hydrogen-bond donors (Lipinski definition) is 0. The van der Waals surface area contributed by atoms with Crippen molar-refractivity contribution in [2.45, 2.75) is 39.5 Å². The highest BCUT2D eigenvalue weighted by molar-refractivity contribution is 5.77. The SMILES string of the molecule is CCCC(=O)N(CCCOCC)CCC(=O)OC. The number of carbonyl (C=O) groups is 2. The molecule has 0 N–H and O–H groups in total. The van der Waals surface area contributed by atoms with Crippen molar-refractivity contribution in [2.24, 2.45) is 0 Å². The van der Waals surface area contributed by atoms with Crippen molar-refractivity contribution in [3.63, 3.8) is 0 Å². The van der Waals surface area contributed by atoms with E-state index in [4.69, 9.17) is 4.74 Å². The summed E-state index contributed by atoms with van der Waals surface area (Å²) < 4.78 is 9.82. The van der Waals surface area contributed by atoms with Crippen LogP contribution in [0.3, 0.4) is 0 Å². The largest absolute Gasteiger partial charge is 0.469 e. The molecule has 0 rings (SSSR count). The second kappa shape index (κ2) is 11.0. The lowest BCUT2D eigenvalue weighted by atomic mass is 10.2. The summed E-state index contributed by atoms with van der Waals surface area (Å²) in [5.74, 6) is -0.188. The average Bonchev–Trinajstić information content (AvgIpc) is 2.37. The van der Waals surface area contributed by atoms with E-state index in [9.17, 15) is 9.59 Å². The van der Waals surface area contributed by atoms with E-state index in [1.807, 2.05) is 13.8 Å². The predicted octanol–water partition coefficient (Wildman–Crippen LogP) is 1.60. The second-order valence-corrected chi connectivity index (χ2v) is 4.01. The van der Waals surface area contributed by atoms with Crippen molar-refractivity contribution >= 4 is 11.9 Å². The van der Waals surface area contributed by atoms with Gasteiger partial charge in [0.25, 0.3) is 0 Å². The van der Waals surface area contributed by atoms with Crippen molar-refractivity contribution in [1.29, 1.82) is 0 Å². The van der Waals surface area contributed by atoms with Gasteiger partial charge in [0.05, 0.1) is 13.5 Å². The summed E-state index contributed by atoms with van der Waals surface area (Å²) in [6, 6.07) is 0. The molecule has 5 heteroatoms. The van der Waals surface area contributed by atoms with Crippen LogP contribution < -0.4 is 0 Å². The van der Waals surface area contributed by atoms with Crippen LogP contribution in [-0.2, 0) is 19.1 Å². The third kappa shape index (κ3) is 8.06. The highest BCUT2D eigenvalue weighted by Gasteiger charge is 2.13. The average molecular weight is 259 g/mol. The molecule has 0 aromatic rings. The zero-order valence-corrected chi connectivity index (χ0v) is 11.7. The summed E-state index contributed by atoms with van der Waals surface area (Å²) in [7, 11) is 1.36. The van der Waals surface area contributed by atoms with Gasteiger partial charge in [0.15, 0.2) is 0 Å². The fraction of sp³-hybridized carbons (Fsp3) is 0.846. The van der Waals surface area contributed by atoms with E-state index in [-0.39, 0.29) is 18.3 Å². The molecule has 0 saturated carbocycles. The molecule has 0 fully saturated rings. The fourth-order valence-corrected chi connectivity index (χ4v) is 1.56. The van der Waals surface area contributed by atoms with Gasteiger partial charge in [-0.25, -0.2) is 0 Å². The van der Waals surface area contributed by atoms with E-state index in [0.29, 0.717) is 32.7 Å². The molecule has 106 valence electrons. The molecule has 5 nitrogen and oxygen atoms in total. The Hall–Kier alpha value is -1.10. The van der Waals surface area contributed by atoms with Gasteiger partial charge in [-0.2, -0.15) is 0 Å². The minimum absolute atomic E-state index is 0.0953. The molecule has 0 unspecified atom stereocenters. The Morgan fingerprint density at radius 3 is 2.39 bits per heavy atom. The first kappa shape index (κ1) is 16.9. The normalized spacial score (nSPS) is 10.2. The third-order valence-corrected chi connectivity index (χ3v) is 2.55. The van der Waals surface area contributed by atoms with E-state index in [1.54, 1.807) is 4.90 Å². The molecule has 0 heterocycles. The van der Waals surface area contributed by atoms with Crippen molar-refractivity contribution in [3.05, 3.63) is 0 Å². The molecule has 0 aliphatic heterocycles. The Morgan fingerprint density at radius 1 is 1.11 bits per heavy atom. The van der Waals surface area contributed by atoms with Gasteiger partial charge in [-0.15, -0.1) is 0 Å². The van der Waals surface area contributed by atoms with E-state index in [0.717, 1.165) is 12.8 Å². The van der Waals surface area contributed by atoms with Gasteiger partial charge >= 0.3 is 5.97 Å². The number of nitrogens with zero attached hydrogens (tertiary/aromatic N) is 1. The monoisotopic (exact) mass is 259 g/mol. The van der Waals surface area contributed by atoms with Crippen LogP contribution in [0, 0.1) is 0 Å². The fourth-order valence-electron chi connectivity index (χ4n) is 1.56. The van der Waals surface area contributed by atoms with Gasteiger partial charge in [0.1, 0.15) is 0 Å². The summed E-state index contributed by atoms with van der Waals surface area (Å²) in [6.45, 7) is 6.30. The quantitative estimate of drug-likeness (QED) is 0.442. The van der Waals surface area contributed by atoms with Crippen LogP contribution in [0.5, 0.6) is 0 Å². The lowest BCUT2D eigenvalue weighted by molar-refractivity contribution is -0.141. The summed E-state index contributed by atoms with van der Waals surface area (Å²) in [6.07, 6.45) is 2.39. The zero-order valence-electron chi connectivity index (χ0n) is 11.7. The van der Waals surface area contributed by atoms with Crippen LogP contribution in [0.25, 0.3) is 0 Å². The number of ether oxygens (including phenoxy) is 2. The first-order chi connectivity index (χ1) is 8.65. The third-order valence-electron chi connectivity index (χ3n) is 2.55. The number of carbonyl (C=O) groups excluding carboxylic acids is 2. The second-order valence-electron chi connectivity index (χ2n) is 4.01. The number of rotatable bonds is 10. The molecule has 1 amide bonds. The topological polar surface area (TPSA) is 55.8 Å². The molecule has 0 atom stereocenters. The van der Waals surface area contributed by atoms with Gasteiger partial charge in [-0.1, -0.05) is 6.92 Å². The maximum absolute atomic E-state index is 11.8. The molecule has 0 radical (unpaired) electrons. The van der Waals surface area contributed by atoms with Crippen molar-refractivity contribution in [3.8, 4) is 0 Å².